The third kappa shape index (κ3) is 4.77. The standard InChI is InChI=1S/C26H22N4O4S2/c1-16-5-10-22-28-23(27-13-19-4-3-11-34-19)20(24(31)29(22)14-16)12-21-25(32)30(26(35)36-21)15-17-6-8-18(33-2)9-7-17/h3-12,14,27H,13,15H2,1-2H3/b21-12+. The molecule has 1 saturated heterocycles. The van der Waals surface area contributed by atoms with E-state index in [9.17, 15) is 9.59 Å². The number of nitrogens with one attached hydrogen (secondary N) is 1. The molecule has 10 heteroatoms. The van der Waals surface area contributed by atoms with Gasteiger partial charge in [-0.15, -0.1) is 0 Å². The van der Waals surface area contributed by atoms with E-state index in [-0.39, 0.29) is 17.0 Å². The molecule has 0 atom stereocenters. The van der Waals surface area contributed by atoms with E-state index >= 15 is 0 Å². The number of aromatic nitrogens is 2. The lowest BCUT2D eigenvalue weighted by atomic mass is 10.2. The summed E-state index contributed by atoms with van der Waals surface area (Å²) in [7, 11) is 1.60. The van der Waals surface area contributed by atoms with Gasteiger partial charge in [0.05, 0.1) is 36.9 Å². The number of ether oxygens (including phenoxy) is 1. The molecular formula is C26H22N4O4S2. The summed E-state index contributed by atoms with van der Waals surface area (Å²) in [6, 6.07) is 14.7. The van der Waals surface area contributed by atoms with Crippen molar-refractivity contribution in [2.45, 2.75) is 20.0 Å². The molecule has 0 aliphatic carbocycles. The summed E-state index contributed by atoms with van der Waals surface area (Å²) in [5, 5.41) is 3.18. The Kier molecular flexibility index (Phi) is 6.62. The SMILES string of the molecule is COc1ccc(CN2C(=O)/C(=C\c3c(NCc4ccco4)nc4ccc(C)cn4c3=O)SC2=S)cc1. The van der Waals surface area contributed by atoms with E-state index in [1.54, 1.807) is 37.8 Å². The van der Waals surface area contributed by atoms with Gasteiger partial charge in [0, 0.05) is 6.20 Å². The van der Waals surface area contributed by atoms with Crippen LogP contribution in [0.15, 0.2) is 75.1 Å². The highest BCUT2D eigenvalue weighted by atomic mass is 32.2. The summed E-state index contributed by atoms with van der Waals surface area (Å²) < 4.78 is 12.5. The summed E-state index contributed by atoms with van der Waals surface area (Å²) in [4.78, 5) is 33.3. The zero-order valence-corrected chi connectivity index (χ0v) is 21.2. The molecule has 4 heterocycles. The highest BCUT2D eigenvalue weighted by molar-refractivity contribution is 8.26. The molecule has 0 radical (unpaired) electrons. The number of carbonyl (C=O) groups is 1. The molecule has 4 aromatic rings. The second kappa shape index (κ2) is 10.00. The maximum absolute atomic E-state index is 13.5. The molecule has 1 N–H and O–H groups in total. The average Bonchev–Trinajstić information content (AvgIpc) is 3.49. The first-order valence-electron chi connectivity index (χ1n) is 11.1. The van der Waals surface area contributed by atoms with Crippen LogP contribution in [0.5, 0.6) is 5.75 Å². The fraction of sp³-hybridized carbons (Fsp3) is 0.154. The van der Waals surface area contributed by atoms with E-state index in [2.05, 4.69) is 10.3 Å². The van der Waals surface area contributed by atoms with Crippen molar-refractivity contribution in [3.63, 3.8) is 0 Å². The van der Waals surface area contributed by atoms with Gasteiger partial charge in [-0.3, -0.25) is 18.9 Å². The minimum absolute atomic E-state index is 0.258. The van der Waals surface area contributed by atoms with Gasteiger partial charge in [-0.2, -0.15) is 0 Å². The first kappa shape index (κ1) is 23.8. The number of anilines is 1. The number of pyridine rings is 1. The first-order chi connectivity index (χ1) is 17.4. The van der Waals surface area contributed by atoms with E-state index < -0.39 is 0 Å². The van der Waals surface area contributed by atoms with Gasteiger partial charge in [0.2, 0.25) is 0 Å². The summed E-state index contributed by atoms with van der Waals surface area (Å²) >= 11 is 6.67. The number of methoxy groups -OCH3 is 1. The second-order valence-electron chi connectivity index (χ2n) is 8.16. The molecule has 1 aliphatic heterocycles. The lowest BCUT2D eigenvalue weighted by Crippen LogP contribution is -2.27. The van der Waals surface area contributed by atoms with Crippen molar-refractivity contribution in [1.82, 2.24) is 14.3 Å². The van der Waals surface area contributed by atoms with Crippen molar-refractivity contribution < 1.29 is 13.9 Å². The number of thioether (sulfide) groups is 1. The Balaban J connectivity index is 1.50. The average molecular weight is 519 g/mol. The molecule has 182 valence electrons. The molecule has 0 saturated carbocycles. The zero-order valence-electron chi connectivity index (χ0n) is 19.6. The van der Waals surface area contributed by atoms with Crippen LogP contribution in [0.2, 0.25) is 0 Å². The predicted octanol–water partition coefficient (Wildman–Crippen LogP) is 4.62. The Morgan fingerprint density at radius 3 is 2.69 bits per heavy atom. The molecular weight excluding hydrogens is 496 g/mol. The molecule has 5 rings (SSSR count). The smallest absolute Gasteiger partial charge is 0.267 e. The molecule has 8 nitrogen and oxygen atoms in total. The minimum Gasteiger partial charge on any atom is -0.497 e. The van der Waals surface area contributed by atoms with E-state index in [1.165, 1.54) is 21.1 Å². The number of rotatable bonds is 7. The minimum atomic E-state index is -0.286. The largest absolute Gasteiger partial charge is 0.497 e. The van der Waals surface area contributed by atoms with Crippen LogP contribution in [0.3, 0.4) is 0 Å². The van der Waals surface area contributed by atoms with Gasteiger partial charge in [-0.25, -0.2) is 4.98 Å². The summed E-state index contributed by atoms with van der Waals surface area (Å²) in [6.07, 6.45) is 4.88. The van der Waals surface area contributed by atoms with Crippen LogP contribution in [-0.2, 0) is 17.9 Å². The number of fused-ring (bicyclic) bond motifs is 1. The van der Waals surface area contributed by atoms with Crippen LogP contribution < -0.4 is 15.6 Å². The lowest BCUT2D eigenvalue weighted by Gasteiger charge is -2.14. The van der Waals surface area contributed by atoms with E-state index in [0.717, 1.165) is 16.9 Å². The summed E-state index contributed by atoms with van der Waals surface area (Å²) in [5.74, 6) is 1.53. The van der Waals surface area contributed by atoms with Crippen molar-refractivity contribution >= 4 is 51.7 Å². The van der Waals surface area contributed by atoms with Crippen LogP contribution in [0.25, 0.3) is 11.7 Å². The number of furan rings is 1. The topological polar surface area (TPSA) is 89.1 Å². The monoisotopic (exact) mass is 518 g/mol. The third-order valence-corrected chi connectivity index (χ3v) is 7.04. The molecule has 36 heavy (non-hydrogen) atoms. The zero-order chi connectivity index (χ0) is 25.2. The molecule has 0 unspecified atom stereocenters. The Morgan fingerprint density at radius 2 is 1.97 bits per heavy atom. The van der Waals surface area contributed by atoms with Crippen LogP contribution >= 0.6 is 24.0 Å². The number of hydrogen-bond acceptors (Lipinski definition) is 8. The lowest BCUT2D eigenvalue weighted by molar-refractivity contribution is -0.122. The number of carbonyl (C=O) groups excluding carboxylic acids is 1. The Labute approximate surface area is 216 Å². The number of thiocarbonyl (C=S) groups is 1. The van der Waals surface area contributed by atoms with Crippen molar-refractivity contribution in [3.8, 4) is 5.75 Å². The van der Waals surface area contributed by atoms with Gasteiger partial charge in [-0.05, 0) is 54.5 Å². The number of aryl methyl sites for hydroxylation is 1. The molecule has 1 aromatic carbocycles. The summed E-state index contributed by atoms with van der Waals surface area (Å²) in [6.45, 7) is 2.56. The van der Waals surface area contributed by atoms with Gasteiger partial charge < -0.3 is 14.5 Å². The van der Waals surface area contributed by atoms with E-state index in [4.69, 9.17) is 21.4 Å². The first-order valence-corrected chi connectivity index (χ1v) is 12.3. The van der Waals surface area contributed by atoms with Crippen molar-refractivity contribution in [1.29, 1.82) is 0 Å². The summed E-state index contributed by atoms with van der Waals surface area (Å²) in [5.41, 5.74) is 2.31. The normalized spacial score (nSPS) is 14.7. The van der Waals surface area contributed by atoms with Crippen LogP contribution in [0.4, 0.5) is 5.82 Å². The number of hydrogen-bond donors (Lipinski definition) is 1. The predicted molar refractivity (Wildman–Crippen MR) is 144 cm³/mol. The number of amides is 1. The number of nitrogens with zero attached hydrogens (tertiary/aromatic N) is 3. The second-order valence-corrected chi connectivity index (χ2v) is 9.84. The van der Waals surface area contributed by atoms with Crippen LogP contribution in [0.1, 0.15) is 22.5 Å². The van der Waals surface area contributed by atoms with Gasteiger partial charge in [-0.1, -0.05) is 42.2 Å². The maximum Gasteiger partial charge on any atom is 0.267 e. The molecule has 1 aliphatic rings. The fourth-order valence-corrected chi connectivity index (χ4v) is 5.03. The van der Waals surface area contributed by atoms with Crippen LogP contribution in [0, 0.1) is 6.92 Å². The molecule has 0 bridgehead atoms. The van der Waals surface area contributed by atoms with Crippen molar-refractivity contribution in [3.05, 3.63) is 98.7 Å². The van der Waals surface area contributed by atoms with E-state index in [1.807, 2.05) is 43.3 Å². The van der Waals surface area contributed by atoms with Crippen molar-refractivity contribution in [2.24, 2.45) is 0 Å². The molecule has 1 amide bonds. The fourth-order valence-electron chi connectivity index (χ4n) is 3.79. The third-order valence-electron chi connectivity index (χ3n) is 5.66. The van der Waals surface area contributed by atoms with Gasteiger partial charge in [0.25, 0.3) is 11.5 Å². The maximum atomic E-state index is 13.5. The van der Waals surface area contributed by atoms with Crippen molar-refractivity contribution in [2.75, 3.05) is 12.4 Å². The van der Waals surface area contributed by atoms with Gasteiger partial charge in [0.15, 0.2) is 0 Å². The highest BCUT2D eigenvalue weighted by Gasteiger charge is 2.32. The molecule has 0 spiro atoms. The van der Waals surface area contributed by atoms with Gasteiger partial charge >= 0.3 is 0 Å². The quantitative estimate of drug-likeness (QED) is 0.280. The van der Waals surface area contributed by atoms with E-state index in [0.29, 0.717) is 39.5 Å². The number of benzene rings is 1. The highest BCUT2D eigenvalue weighted by Crippen LogP contribution is 2.34. The van der Waals surface area contributed by atoms with Crippen LogP contribution in [-0.4, -0.2) is 31.6 Å². The Hall–Kier alpha value is -3.89. The van der Waals surface area contributed by atoms with Gasteiger partial charge in [0.1, 0.15) is 27.3 Å². The Bertz CT molecular complexity index is 1540. The Morgan fingerprint density at radius 1 is 1.17 bits per heavy atom. The molecule has 1 fully saturated rings. The molecule has 3 aromatic heterocycles.